The van der Waals surface area contributed by atoms with Crippen LogP contribution >= 0.6 is 0 Å². The van der Waals surface area contributed by atoms with Gasteiger partial charge in [0.05, 0.1) is 6.42 Å². The van der Waals surface area contributed by atoms with E-state index in [1.54, 1.807) is 24.3 Å². The monoisotopic (exact) mass is 397 g/mol. The number of ketones is 1. The minimum absolute atomic E-state index is 0.0256. The summed E-state index contributed by atoms with van der Waals surface area (Å²) in [4.78, 5) is 36.5. The van der Waals surface area contributed by atoms with Crippen molar-refractivity contribution in [1.29, 1.82) is 0 Å². The van der Waals surface area contributed by atoms with Gasteiger partial charge in [-0.05, 0) is 50.1 Å². The van der Waals surface area contributed by atoms with E-state index in [0.29, 0.717) is 22.7 Å². The normalized spacial score (nSPS) is 12.9. The largest absolute Gasteiger partial charge is 0.454 e. The van der Waals surface area contributed by atoms with E-state index in [1.165, 1.54) is 6.92 Å². The summed E-state index contributed by atoms with van der Waals surface area (Å²) >= 11 is 0. The van der Waals surface area contributed by atoms with Gasteiger partial charge >= 0.3 is 5.97 Å². The Labute approximate surface area is 169 Å². The van der Waals surface area contributed by atoms with Crippen LogP contribution in [0.1, 0.15) is 41.3 Å². The van der Waals surface area contributed by atoms with Gasteiger partial charge in [-0.1, -0.05) is 12.1 Å². The smallest absolute Gasteiger partial charge is 0.307 e. The Morgan fingerprint density at radius 2 is 1.76 bits per heavy atom. The molecule has 0 aromatic heterocycles. The van der Waals surface area contributed by atoms with Crippen LogP contribution in [0.25, 0.3) is 0 Å². The van der Waals surface area contributed by atoms with Gasteiger partial charge < -0.3 is 19.5 Å². The first-order chi connectivity index (χ1) is 13.8. The zero-order chi connectivity index (χ0) is 21.0. The Morgan fingerprint density at radius 1 is 1.00 bits per heavy atom. The van der Waals surface area contributed by atoms with Crippen LogP contribution < -0.4 is 14.8 Å². The van der Waals surface area contributed by atoms with Crippen LogP contribution in [0.2, 0.25) is 0 Å². The summed E-state index contributed by atoms with van der Waals surface area (Å²) in [5, 5.41) is 2.66. The Hall–Kier alpha value is -3.35. The maximum absolute atomic E-state index is 12.3. The fourth-order valence-electron chi connectivity index (χ4n) is 2.80. The van der Waals surface area contributed by atoms with Crippen molar-refractivity contribution >= 4 is 23.3 Å². The molecule has 1 aliphatic heterocycles. The summed E-state index contributed by atoms with van der Waals surface area (Å²) in [6.07, 6.45) is -1.06. The second-order valence-electron chi connectivity index (χ2n) is 6.91. The van der Waals surface area contributed by atoms with Crippen molar-refractivity contribution in [1.82, 2.24) is 0 Å². The highest BCUT2D eigenvalue weighted by atomic mass is 16.7. The van der Waals surface area contributed by atoms with Gasteiger partial charge in [0, 0.05) is 23.7 Å². The summed E-state index contributed by atoms with van der Waals surface area (Å²) in [6, 6.07) is 10.4. The zero-order valence-corrected chi connectivity index (χ0v) is 16.6. The van der Waals surface area contributed by atoms with Gasteiger partial charge in [0.25, 0.3) is 5.91 Å². The number of fused-ring (bicyclic) bond motifs is 1. The average Bonchev–Trinajstić information content (AvgIpc) is 3.16. The van der Waals surface area contributed by atoms with Crippen molar-refractivity contribution in [3.63, 3.8) is 0 Å². The minimum atomic E-state index is -0.996. The first-order valence-corrected chi connectivity index (χ1v) is 9.34. The lowest BCUT2D eigenvalue weighted by atomic mass is 10.0. The summed E-state index contributed by atoms with van der Waals surface area (Å²) < 4.78 is 15.6. The summed E-state index contributed by atoms with van der Waals surface area (Å²) in [5.74, 6) is -0.0658. The van der Waals surface area contributed by atoms with Gasteiger partial charge in [-0.15, -0.1) is 0 Å². The first-order valence-electron chi connectivity index (χ1n) is 9.34. The second kappa shape index (κ2) is 8.77. The number of hydrogen-bond acceptors (Lipinski definition) is 6. The third kappa shape index (κ3) is 5.13. The molecule has 1 amide bonds. The molecule has 0 saturated heterocycles. The maximum atomic E-state index is 12.3. The number of Topliss-reactive ketones (excluding diaryl/α,β-unsaturated/α-hetero) is 1. The second-order valence-corrected chi connectivity index (χ2v) is 6.91. The molecule has 1 aliphatic rings. The number of nitrogens with one attached hydrogen (secondary N) is 1. The summed E-state index contributed by atoms with van der Waals surface area (Å²) in [5.41, 5.74) is 3.19. The van der Waals surface area contributed by atoms with Gasteiger partial charge in [0.2, 0.25) is 6.79 Å². The van der Waals surface area contributed by atoms with E-state index >= 15 is 0 Å². The molecule has 29 heavy (non-hydrogen) atoms. The zero-order valence-electron chi connectivity index (χ0n) is 16.6. The molecule has 1 N–H and O–H groups in total. The molecule has 7 nitrogen and oxygen atoms in total. The molecule has 3 rings (SSSR count). The van der Waals surface area contributed by atoms with Crippen LogP contribution in [-0.4, -0.2) is 30.6 Å². The van der Waals surface area contributed by atoms with Crippen LogP contribution in [-0.2, 0) is 14.3 Å². The first kappa shape index (κ1) is 20.4. The molecule has 0 radical (unpaired) electrons. The highest BCUT2D eigenvalue weighted by Crippen LogP contribution is 2.34. The molecule has 0 unspecified atom stereocenters. The Bertz CT molecular complexity index is 952. The number of aryl methyl sites for hydroxylation is 2. The number of carbonyl (C=O) groups is 3. The van der Waals surface area contributed by atoms with E-state index in [4.69, 9.17) is 14.2 Å². The number of rotatable bonds is 7. The average molecular weight is 397 g/mol. The van der Waals surface area contributed by atoms with Crippen LogP contribution in [0.3, 0.4) is 0 Å². The minimum Gasteiger partial charge on any atom is -0.454 e. The molecule has 2 aromatic rings. The number of esters is 1. The maximum Gasteiger partial charge on any atom is 0.307 e. The topological polar surface area (TPSA) is 90.9 Å². The quantitative estimate of drug-likeness (QED) is 0.567. The molecular weight excluding hydrogens is 374 g/mol. The molecular formula is C22H23NO6. The lowest BCUT2D eigenvalue weighted by Crippen LogP contribution is -2.30. The van der Waals surface area contributed by atoms with Crippen molar-refractivity contribution in [2.45, 2.75) is 39.7 Å². The lowest BCUT2D eigenvalue weighted by Gasteiger charge is -2.14. The van der Waals surface area contributed by atoms with Crippen molar-refractivity contribution in [3.05, 3.63) is 53.1 Å². The lowest BCUT2D eigenvalue weighted by molar-refractivity contribution is -0.153. The summed E-state index contributed by atoms with van der Waals surface area (Å²) in [6.45, 7) is 5.52. The van der Waals surface area contributed by atoms with E-state index in [9.17, 15) is 14.4 Å². The fourth-order valence-corrected chi connectivity index (χ4v) is 2.80. The molecule has 1 atom stereocenters. The van der Waals surface area contributed by atoms with Gasteiger partial charge in [-0.3, -0.25) is 14.4 Å². The van der Waals surface area contributed by atoms with E-state index in [-0.39, 0.29) is 25.4 Å². The third-order valence-corrected chi connectivity index (χ3v) is 4.70. The SMILES string of the molecule is Cc1ccc(C(=O)CCC(=O)O[C@@H](C)C(=O)Nc2ccc3c(c2)OCO3)cc1C. The highest BCUT2D eigenvalue weighted by molar-refractivity contribution is 5.98. The number of hydrogen-bond donors (Lipinski definition) is 1. The molecule has 2 aromatic carbocycles. The van der Waals surface area contributed by atoms with Crippen LogP contribution in [0.5, 0.6) is 11.5 Å². The number of benzene rings is 2. The van der Waals surface area contributed by atoms with Crippen molar-refractivity contribution in [2.24, 2.45) is 0 Å². The van der Waals surface area contributed by atoms with Crippen LogP contribution in [0, 0.1) is 13.8 Å². The molecule has 152 valence electrons. The van der Waals surface area contributed by atoms with Gasteiger partial charge in [0.15, 0.2) is 23.4 Å². The van der Waals surface area contributed by atoms with E-state index in [1.807, 2.05) is 26.0 Å². The van der Waals surface area contributed by atoms with Crippen molar-refractivity contribution in [2.75, 3.05) is 12.1 Å². The molecule has 0 saturated carbocycles. The van der Waals surface area contributed by atoms with Crippen LogP contribution in [0.15, 0.2) is 36.4 Å². The number of amides is 1. The van der Waals surface area contributed by atoms with E-state index in [0.717, 1.165) is 11.1 Å². The molecule has 7 heteroatoms. The molecule has 1 heterocycles. The number of carbonyl (C=O) groups excluding carboxylic acids is 3. The fraction of sp³-hybridized carbons (Fsp3) is 0.318. The van der Waals surface area contributed by atoms with Crippen molar-refractivity contribution in [3.8, 4) is 11.5 Å². The molecule has 0 fully saturated rings. The van der Waals surface area contributed by atoms with Crippen LogP contribution in [0.4, 0.5) is 5.69 Å². The molecule has 0 spiro atoms. The predicted molar refractivity (Wildman–Crippen MR) is 106 cm³/mol. The number of ether oxygens (including phenoxy) is 3. The Kier molecular flexibility index (Phi) is 6.16. The van der Waals surface area contributed by atoms with Gasteiger partial charge in [-0.2, -0.15) is 0 Å². The molecule has 0 aliphatic carbocycles. The third-order valence-electron chi connectivity index (χ3n) is 4.70. The molecule has 0 bridgehead atoms. The van der Waals surface area contributed by atoms with E-state index in [2.05, 4.69) is 5.32 Å². The number of anilines is 1. The Morgan fingerprint density at radius 3 is 2.52 bits per heavy atom. The van der Waals surface area contributed by atoms with Gasteiger partial charge in [0.1, 0.15) is 0 Å². The van der Waals surface area contributed by atoms with Crippen molar-refractivity contribution < 1.29 is 28.6 Å². The van der Waals surface area contributed by atoms with Gasteiger partial charge in [-0.25, -0.2) is 0 Å². The van der Waals surface area contributed by atoms with E-state index < -0.39 is 18.0 Å². The standard InChI is InChI=1S/C22H23NO6/c1-13-4-5-16(10-14(13)2)18(24)7-9-21(25)29-15(3)22(26)23-17-6-8-19-20(11-17)28-12-27-19/h4-6,8,10-11,15H,7,9,12H2,1-3H3,(H,23,26)/t15-/m0/s1. The predicted octanol–water partition coefficient (Wildman–Crippen LogP) is 3.57. The summed E-state index contributed by atoms with van der Waals surface area (Å²) in [7, 11) is 0. The highest BCUT2D eigenvalue weighted by Gasteiger charge is 2.20. The Balaban J connectivity index is 1.47.